The normalized spacial score (nSPS) is 13.1. The molecule has 0 saturated carbocycles. The molecule has 0 radical (unpaired) electrons. The van der Waals surface area contributed by atoms with Crippen molar-refractivity contribution < 1.29 is 9.90 Å². The fourth-order valence-corrected chi connectivity index (χ4v) is 3.88. The molecule has 9 heteroatoms. The molecule has 3 heterocycles. The van der Waals surface area contributed by atoms with Crippen LogP contribution in [0.1, 0.15) is 12.5 Å². The van der Waals surface area contributed by atoms with E-state index in [4.69, 9.17) is 11.6 Å². The molecule has 170 valence electrons. The van der Waals surface area contributed by atoms with Gasteiger partial charge in [-0.25, -0.2) is 9.50 Å². The number of halogens is 1. The second-order valence-corrected chi connectivity index (χ2v) is 8.62. The van der Waals surface area contributed by atoms with Gasteiger partial charge < -0.3 is 10.4 Å². The van der Waals surface area contributed by atoms with E-state index in [1.165, 1.54) is 13.3 Å². The number of hydrogen-bond acceptors (Lipinski definition) is 5. The summed E-state index contributed by atoms with van der Waals surface area (Å²) in [6, 6.07) is 15.8. The molecule has 2 aromatic carbocycles. The molecular weight excluding hydrogens is 452 g/mol. The number of nitrogens with zero attached hydrogens (tertiary/aromatic N) is 5. The molecule has 0 saturated heterocycles. The van der Waals surface area contributed by atoms with Crippen LogP contribution in [0.2, 0.25) is 5.02 Å². The van der Waals surface area contributed by atoms with Crippen LogP contribution in [0.15, 0.2) is 79.5 Å². The standard InChI is InChI=1S/C25H21ClN6O2/c1-25(34,19-5-7-20(26)8-6-19)24(33)30-21-9-3-16(4-10-21)23-22-11-17(14-32(22)29-15-27-23)18-12-28-31(2)13-18/h3-15,34H,1-2H3,(H,30,33)/t25-/m1/s1. The predicted molar refractivity (Wildman–Crippen MR) is 130 cm³/mol. The van der Waals surface area contributed by atoms with Gasteiger partial charge in [0.2, 0.25) is 0 Å². The summed E-state index contributed by atoms with van der Waals surface area (Å²) in [7, 11) is 1.87. The molecule has 5 aromatic rings. The Morgan fingerprint density at radius 1 is 1.00 bits per heavy atom. The van der Waals surface area contributed by atoms with Crippen LogP contribution >= 0.6 is 11.6 Å². The maximum Gasteiger partial charge on any atom is 0.260 e. The van der Waals surface area contributed by atoms with E-state index in [2.05, 4.69) is 20.5 Å². The van der Waals surface area contributed by atoms with Crippen LogP contribution < -0.4 is 5.32 Å². The van der Waals surface area contributed by atoms with Crippen LogP contribution in [0, 0.1) is 0 Å². The summed E-state index contributed by atoms with van der Waals surface area (Å²) in [6.07, 6.45) is 7.19. The summed E-state index contributed by atoms with van der Waals surface area (Å²) >= 11 is 5.91. The molecule has 0 aliphatic rings. The monoisotopic (exact) mass is 472 g/mol. The van der Waals surface area contributed by atoms with Crippen LogP contribution in [-0.2, 0) is 17.4 Å². The van der Waals surface area contributed by atoms with Gasteiger partial charge in [-0.3, -0.25) is 9.48 Å². The van der Waals surface area contributed by atoms with Gasteiger partial charge in [0.1, 0.15) is 6.33 Å². The van der Waals surface area contributed by atoms with Crippen LogP contribution in [0.25, 0.3) is 27.9 Å². The van der Waals surface area contributed by atoms with Gasteiger partial charge in [-0.1, -0.05) is 35.9 Å². The van der Waals surface area contributed by atoms with Crippen molar-refractivity contribution in [1.82, 2.24) is 24.4 Å². The van der Waals surface area contributed by atoms with E-state index in [1.54, 1.807) is 51.8 Å². The van der Waals surface area contributed by atoms with Crippen molar-refractivity contribution in [2.75, 3.05) is 5.32 Å². The minimum Gasteiger partial charge on any atom is -0.376 e. The van der Waals surface area contributed by atoms with E-state index >= 15 is 0 Å². The zero-order chi connectivity index (χ0) is 23.9. The highest BCUT2D eigenvalue weighted by molar-refractivity contribution is 6.30. The molecule has 3 aromatic heterocycles. The first-order chi connectivity index (χ1) is 16.3. The molecule has 5 rings (SSSR count). The molecule has 0 aliphatic heterocycles. The lowest BCUT2D eigenvalue weighted by Gasteiger charge is -2.23. The van der Waals surface area contributed by atoms with Crippen LogP contribution in [0.5, 0.6) is 0 Å². The predicted octanol–water partition coefficient (Wildman–Crippen LogP) is 4.30. The Labute approximate surface area is 200 Å². The van der Waals surface area contributed by atoms with E-state index in [0.29, 0.717) is 16.3 Å². The molecule has 0 unspecified atom stereocenters. The average Bonchev–Trinajstić information content (AvgIpc) is 3.46. The fourth-order valence-electron chi connectivity index (χ4n) is 3.75. The third-order valence-corrected chi connectivity index (χ3v) is 5.96. The molecular formula is C25H21ClN6O2. The highest BCUT2D eigenvalue weighted by Gasteiger charge is 2.32. The number of rotatable bonds is 5. The van der Waals surface area contributed by atoms with Gasteiger partial charge in [0.25, 0.3) is 5.91 Å². The van der Waals surface area contributed by atoms with Gasteiger partial charge >= 0.3 is 0 Å². The molecule has 8 nitrogen and oxygen atoms in total. The maximum absolute atomic E-state index is 12.8. The van der Waals surface area contributed by atoms with Crippen molar-refractivity contribution in [2.24, 2.45) is 7.05 Å². The quantitative estimate of drug-likeness (QED) is 0.397. The molecule has 0 aliphatic carbocycles. The lowest BCUT2D eigenvalue weighted by atomic mass is 9.95. The zero-order valence-corrected chi connectivity index (χ0v) is 19.2. The van der Waals surface area contributed by atoms with Crippen molar-refractivity contribution in [3.63, 3.8) is 0 Å². The van der Waals surface area contributed by atoms with Crippen LogP contribution in [0.4, 0.5) is 5.69 Å². The molecule has 2 N–H and O–H groups in total. The third kappa shape index (κ3) is 4.05. The number of aromatic nitrogens is 5. The minimum atomic E-state index is -1.71. The maximum atomic E-state index is 12.8. The van der Waals surface area contributed by atoms with E-state index in [-0.39, 0.29) is 0 Å². The average molecular weight is 473 g/mol. The number of hydrogen-bond donors (Lipinski definition) is 2. The number of anilines is 1. The number of nitrogens with one attached hydrogen (secondary N) is 1. The van der Waals surface area contributed by atoms with E-state index < -0.39 is 11.5 Å². The van der Waals surface area contributed by atoms with Crippen molar-refractivity contribution in [2.45, 2.75) is 12.5 Å². The van der Waals surface area contributed by atoms with Crippen molar-refractivity contribution in [3.05, 3.63) is 90.1 Å². The van der Waals surface area contributed by atoms with E-state index in [0.717, 1.165) is 27.9 Å². The number of benzene rings is 2. The second-order valence-electron chi connectivity index (χ2n) is 8.18. The number of amides is 1. The highest BCUT2D eigenvalue weighted by Crippen LogP contribution is 2.29. The largest absolute Gasteiger partial charge is 0.376 e. The van der Waals surface area contributed by atoms with Gasteiger partial charge in [0.15, 0.2) is 5.60 Å². The Morgan fingerprint density at radius 2 is 1.74 bits per heavy atom. The summed E-state index contributed by atoms with van der Waals surface area (Å²) in [5, 5.41) is 22.6. The number of carbonyl (C=O) groups excluding carboxylic acids is 1. The number of fused-ring (bicyclic) bond motifs is 1. The summed E-state index contributed by atoms with van der Waals surface area (Å²) in [4.78, 5) is 17.2. The van der Waals surface area contributed by atoms with Crippen LogP contribution in [-0.4, -0.2) is 35.4 Å². The third-order valence-electron chi connectivity index (χ3n) is 5.71. The van der Waals surface area contributed by atoms with E-state index in [9.17, 15) is 9.90 Å². The Bertz CT molecular complexity index is 1490. The summed E-state index contributed by atoms with van der Waals surface area (Å²) < 4.78 is 3.53. The first-order valence-corrected chi connectivity index (χ1v) is 10.9. The fraction of sp³-hybridized carbons (Fsp3) is 0.120. The van der Waals surface area contributed by atoms with Crippen LogP contribution in [0.3, 0.4) is 0 Å². The van der Waals surface area contributed by atoms with Crippen molar-refractivity contribution in [3.8, 4) is 22.4 Å². The zero-order valence-electron chi connectivity index (χ0n) is 18.5. The van der Waals surface area contributed by atoms with Gasteiger partial charge in [0, 0.05) is 46.8 Å². The van der Waals surface area contributed by atoms with Crippen molar-refractivity contribution >= 4 is 28.7 Å². The smallest absolute Gasteiger partial charge is 0.260 e. The Hall–Kier alpha value is -4.01. The molecule has 0 spiro atoms. The molecule has 34 heavy (non-hydrogen) atoms. The summed E-state index contributed by atoms with van der Waals surface area (Å²) in [6.45, 7) is 1.45. The number of aryl methyl sites for hydroxylation is 1. The second kappa shape index (κ2) is 8.40. The highest BCUT2D eigenvalue weighted by atomic mass is 35.5. The molecule has 1 amide bonds. The number of carbonyl (C=O) groups is 1. The lowest BCUT2D eigenvalue weighted by Crippen LogP contribution is -2.37. The van der Waals surface area contributed by atoms with Gasteiger partial charge in [0.05, 0.1) is 17.4 Å². The Kier molecular flexibility index (Phi) is 5.39. The molecule has 0 fully saturated rings. The van der Waals surface area contributed by atoms with E-state index in [1.807, 2.05) is 37.6 Å². The first kappa shape index (κ1) is 21.8. The Morgan fingerprint density at radius 3 is 2.41 bits per heavy atom. The molecule has 0 bridgehead atoms. The first-order valence-electron chi connectivity index (χ1n) is 10.5. The lowest BCUT2D eigenvalue weighted by molar-refractivity contribution is -0.133. The van der Waals surface area contributed by atoms with Gasteiger partial charge in [-0.05, 0) is 42.8 Å². The SMILES string of the molecule is Cn1cc(-c2cc3c(-c4ccc(NC(=O)[C@](C)(O)c5ccc(Cl)cc5)cc4)ncnn3c2)cn1. The van der Waals surface area contributed by atoms with Gasteiger partial charge in [-0.2, -0.15) is 10.2 Å². The minimum absolute atomic E-state index is 0.451. The van der Waals surface area contributed by atoms with Crippen molar-refractivity contribution in [1.29, 1.82) is 0 Å². The molecule has 1 atom stereocenters. The Balaban J connectivity index is 1.39. The summed E-state index contributed by atoms with van der Waals surface area (Å²) in [5.74, 6) is -0.542. The van der Waals surface area contributed by atoms with Gasteiger partial charge in [-0.15, -0.1) is 0 Å². The number of aliphatic hydroxyl groups is 1. The topological polar surface area (TPSA) is 97.3 Å². The summed E-state index contributed by atoms with van der Waals surface area (Å²) in [5.41, 5.74) is 3.75.